The van der Waals surface area contributed by atoms with E-state index >= 15 is 0 Å². The van der Waals surface area contributed by atoms with Crippen LogP contribution in [0.4, 0.5) is 5.82 Å². The molecular weight excluding hydrogens is 304 g/mol. The smallest absolute Gasteiger partial charge is 0.254 e. The Hall–Kier alpha value is -2.96. The third-order valence-corrected chi connectivity index (χ3v) is 4.50. The van der Waals surface area contributed by atoms with Gasteiger partial charge in [0.2, 0.25) is 0 Å². The zero-order chi connectivity index (χ0) is 16.5. The Balaban J connectivity index is 1.64. The summed E-state index contributed by atoms with van der Waals surface area (Å²) in [5.74, 6) is 0.848. The molecule has 2 N–H and O–H groups in total. The fourth-order valence-electron chi connectivity index (χ4n) is 3.29. The fourth-order valence-corrected chi connectivity index (χ4v) is 3.29. The second-order valence-corrected chi connectivity index (χ2v) is 5.91. The largest absolute Gasteiger partial charge is 0.373 e. The van der Waals surface area contributed by atoms with Gasteiger partial charge in [0, 0.05) is 25.4 Å². The van der Waals surface area contributed by atoms with Gasteiger partial charge in [-0.1, -0.05) is 0 Å². The number of carbonyl (C=O) groups excluding carboxylic acids is 1. The first-order valence-corrected chi connectivity index (χ1v) is 8.01. The van der Waals surface area contributed by atoms with Crippen LogP contribution in [0, 0.1) is 0 Å². The van der Waals surface area contributed by atoms with Crippen LogP contribution in [-0.4, -0.2) is 44.8 Å². The Morgan fingerprint density at radius 1 is 1.25 bits per heavy atom. The van der Waals surface area contributed by atoms with Gasteiger partial charge in [0.15, 0.2) is 0 Å². The molecule has 122 valence electrons. The highest BCUT2D eigenvalue weighted by atomic mass is 16.2. The van der Waals surface area contributed by atoms with Gasteiger partial charge in [-0.25, -0.2) is 4.98 Å². The summed E-state index contributed by atoms with van der Waals surface area (Å²) < 4.78 is 0. The van der Waals surface area contributed by atoms with Gasteiger partial charge < -0.3 is 10.2 Å². The SMILES string of the molecule is CNc1cc(C2CCCN2C(=O)c2ccc3n[nH]nc3c2)ccn1. The molecule has 1 amide bonds. The molecule has 1 saturated heterocycles. The Labute approximate surface area is 139 Å². The first kappa shape index (κ1) is 14.6. The highest BCUT2D eigenvalue weighted by Gasteiger charge is 2.31. The number of hydrogen-bond acceptors (Lipinski definition) is 5. The van der Waals surface area contributed by atoms with Gasteiger partial charge in [0.1, 0.15) is 16.9 Å². The molecule has 24 heavy (non-hydrogen) atoms. The molecule has 1 aliphatic rings. The molecule has 0 bridgehead atoms. The van der Waals surface area contributed by atoms with E-state index in [-0.39, 0.29) is 11.9 Å². The molecule has 0 saturated carbocycles. The molecule has 1 aliphatic heterocycles. The van der Waals surface area contributed by atoms with Crippen LogP contribution in [-0.2, 0) is 0 Å². The molecule has 3 aromatic rings. The minimum atomic E-state index is 0.0326. The summed E-state index contributed by atoms with van der Waals surface area (Å²) in [5, 5.41) is 13.7. The van der Waals surface area contributed by atoms with Crippen LogP contribution in [0.5, 0.6) is 0 Å². The van der Waals surface area contributed by atoms with Crippen molar-refractivity contribution in [2.24, 2.45) is 0 Å². The number of aromatic nitrogens is 4. The van der Waals surface area contributed by atoms with Crippen LogP contribution < -0.4 is 5.32 Å². The Bertz CT molecular complexity index is 889. The average molecular weight is 322 g/mol. The van der Waals surface area contributed by atoms with Gasteiger partial charge in [-0.05, 0) is 48.7 Å². The standard InChI is InChI=1S/C17H18N6O/c1-18-16-10-11(6-7-19-16)15-3-2-8-23(15)17(24)12-4-5-13-14(9-12)21-22-20-13/h4-7,9-10,15H,2-3,8H2,1H3,(H,18,19)(H,20,21,22). The number of pyridine rings is 1. The van der Waals surface area contributed by atoms with Crippen molar-refractivity contribution in [1.29, 1.82) is 0 Å². The highest BCUT2D eigenvalue weighted by molar-refractivity contribution is 5.97. The lowest BCUT2D eigenvalue weighted by Crippen LogP contribution is -2.30. The van der Waals surface area contributed by atoms with Gasteiger partial charge in [0.05, 0.1) is 6.04 Å². The number of likely N-dealkylation sites (tertiary alicyclic amines) is 1. The summed E-state index contributed by atoms with van der Waals surface area (Å²) in [4.78, 5) is 19.2. The molecule has 0 radical (unpaired) electrons. The number of amides is 1. The van der Waals surface area contributed by atoms with E-state index in [9.17, 15) is 4.79 Å². The van der Waals surface area contributed by atoms with E-state index in [1.807, 2.05) is 36.2 Å². The summed E-state index contributed by atoms with van der Waals surface area (Å²) in [6, 6.07) is 9.51. The van der Waals surface area contributed by atoms with Gasteiger partial charge in [0.25, 0.3) is 5.91 Å². The van der Waals surface area contributed by atoms with Crippen molar-refractivity contribution in [2.75, 3.05) is 18.9 Å². The molecule has 1 atom stereocenters. The van der Waals surface area contributed by atoms with Gasteiger partial charge in [-0.2, -0.15) is 15.4 Å². The summed E-state index contributed by atoms with van der Waals surface area (Å²) in [6.07, 6.45) is 3.74. The van der Waals surface area contributed by atoms with E-state index in [4.69, 9.17) is 0 Å². The van der Waals surface area contributed by atoms with Crippen molar-refractivity contribution in [2.45, 2.75) is 18.9 Å². The number of hydrogen-bond donors (Lipinski definition) is 2. The van der Waals surface area contributed by atoms with Crippen molar-refractivity contribution in [3.63, 3.8) is 0 Å². The molecule has 2 aromatic heterocycles. The molecule has 1 aromatic carbocycles. The molecule has 7 nitrogen and oxygen atoms in total. The molecule has 0 spiro atoms. The average Bonchev–Trinajstić information content (AvgIpc) is 3.29. The second kappa shape index (κ2) is 5.92. The number of fused-ring (bicyclic) bond motifs is 1. The van der Waals surface area contributed by atoms with Crippen LogP contribution in [0.3, 0.4) is 0 Å². The van der Waals surface area contributed by atoms with Crippen molar-refractivity contribution in [3.8, 4) is 0 Å². The lowest BCUT2D eigenvalue weighted by molar-refractivity contribution is 0.0736. The maximum atomic E-state index is 13.0. The molecule has 4 rings (SSSR count). The zero-order valence-electron chi connectivity index (χ0n) is 13.4. The van der Waals surface area contributed by atoms with Crippen molar-refractivity contribution in [3.05, 3.63) is 47.7 Å². The number of H-pyrrole nitrogens is 1. The molecule has 0 aliphatic carbocycles. The van der Waals surface area contributed by atoms with Crippen LogP contribution >= 0.6 is 0 Å². The van der Waals surface area contributed by atoms with Gasteiger partial charge >= 0.3 is 0 Å². The predicted molar refractivity (Wildman–Crippen MR) is 90.7 cm³/mol. The molecule has 1 unspecified atom stereocenters. The number of nitrogens with one attached hydrogen (secondary N) is 2. The van der Waals surface area contributed by atoms with E-state index in [0.29, 0.717) is 11.1 Å². The molecule has 3 heterocycles. The number of rotatable bonds is 3. The number of aromatic amines is 1. The maximum absolute atomic E-state index is 13.0. The van der Waals surface area contributed by atoms with E-state index in [0.717, 1.165) is 36.3 Å². The van der Waals surface area contributed by atoms with Crippen LogP contribution in [0.25, 0.3) is 11.0 Å². The minimum absolute atomic E-state index is 0.0326. The number of nitrogens with zero attached hydrogens (tertiary/aromatic N) is 4. The van der Waals surface area contributed by atoms with Gasteiger partial charge in [-0.15, -0.1) is 0 Å². The molecule has 1 fully saturated rings. The molecular formula is C17H18N6O. The lowest BCUT2D eigenvalue weighted by atomic mass is 10.0. The molecule has 7 heteroatoms. The lowest BCUT2D eigenvalue weighted by Gasteiger charge is -2.25. The fraction of sp³-hybridized carbons (Fsp3) is 0.294. The number of carbonyl (C=O) groups is 1. The third kappa shape index (κ3) is 2.47. The van der Waals surface area contributed by atoms with Crippen molar-refractivity contribution >= 4 is 22.8 Å². The topological polar surface area (TPSA) is 86.8 Å². The minimum Gasteiger partial charge on any atom is -0.373 e. The second-order valence-electron chi connectivity index (χ2n) is 5.91. The van der Waals surface area contributed by atoms with Crippen LogP contribution in [0.1, 0.15) is 34.8 Å². The van der Waals surface area contributed by atoms with E-state index in [2.05, 4.69) is 25.7 Å². The van der Waals surface area contributed by atoms with E-state index in [1.165, 1.54) is 0 Å². The summed E-state index contributed by atoms with van der Waals surface area (Å²) in [6.45, 7) is 0.761. The first-order valence-electron chi connectivity index (χ1n) is 8.01. The zero-order valence-corrected chi connectivity index (χ0v) is 13.4. The Morgan fingerprint density at radius 3 is 3.00 bits per heavy atom. The van der Waals surface area contributed by atoms with Crippen molar-refractivity contribution in [1.82, 2.24) is 25.3 Å². The van der Waals surface area contributed by atoms with Crippen molar-refractivity contribution < 1.29 is 4.79 Å². The quantitative estimate of drug-likeness (QED) is 0.773. The highest BCUT2D eigenvalue weighted by Crippen LogP contribution is 2.33. The normalized spacial score (nSPS) is 17.4. The summed E-state index contributed by atoms with van der Waals surface area (Å²) >= 11 is 0. The van der Waals surface area contributed by atoms with Crippen LogP contribution in [0.15, 0.2) is 36.5 Å². The maximum Gasteiger partial charge on any atom is 0.254 e. The van der Waals surface area contributed by atoms with Gasteiger partial charge in [-0.3, -0.25) is 4.79 Å². The first-order chi connectivity index (χ1) is 11.8. The third-order valence-electron chi connectivity index (χ3n) is 4.50. The van der Waals surface area contributed by atoms with Crippen LogP contribution in [0.2, 0.25) is 0 Å². The number of anilines is 1. The van der Waals surface area contributed by atoms with E-state index < -0.39 is 0 Å². The Kier molecular flexibility index (Phi) is 3.60. The predicted octanol–water partition coefficient (Wildman–Crippen LogP) is 2.37. The Morgan fingerprint density at radius 2 is 2.12 bits per heavy atom. The van der Waals surface area contributed by atoms with E-state index in [1.54, 1.807) is 12.3 Å². The number of benzene rings is 1. The summed E-state index contributed by atoms with van der Waals surface area (Å²) in [5.41, 5.74) is 3.23. The monoisotopic (exact) mass is 322 g/mol. The summed E-state index contributed by atoms with van der Waals surface area (Å²) in [7, 11) is 1.84.